The molecule has 1 aromatic rings. The highest BCUT2D eigenvalue weighted by Gasteiger charge is 2.35. The molecule has 0 radical (unpaired) electrons. The van der Waals surface area contributed by atoms with Crippen LogP contribution in [0.3, 0.4) is 0 Å². The van der Waals surface area contributed by atoms with Gasteiger partial charge in [0.2, 0.25) is 10.0 Å². The number of alkyl halides is 3. The van der Waals surface area contributed by atoms with Crippen LogP contribution in [0.1, 0.15) is 24.0 Å². The summed E-state index contributed by atoms with van der Waals surface area (Å²) in [6.07, 6.45) is -3.15. The zero-order valence-electron chi connectivity index (χ0n) is 13.2. The Hall–Kier alpha value is -1.12. The van der Waals surface area contributed by atoms with Crippen molar-refractivity contribution < 1.29 is 21.6 Å². The molecule has 0 unspecified atom stereocenters. The number of nitrogens with zero attached hydrogens (tertiary/aromatic N) is 1. The Labute approximate surface area is 134 Å². The van der Waals surface area contributed by atoms with Gasteiger partial charge in [0.15, 0.2) is 0 Å². The Morgan fingerprint density at radius 2 is 1.87 bits per heavy atom. The van der Waals surface area contributed by atoms with Gasteiger partial charge < -0.3 is 5.32 Å². The van der Waals surface area contributed by atoms with Crippen molar-refractivity contribution in [2.75, 3.05) is 26.7 Å². The predicted molar refractivity (Wildman–Crippen MR) is 81.6 cm³/mol. The van der Waals surface area contributed by atoms with Gasteiger partial charge >= 0.3 is 6.18 Å². The van der Waals surface area contributed by atoms with Gasteiger partial charge in [0.05, 0.1) is 10.5 Å². The zero-order valence-corrected chi connectivity index (χ0v) is 14.0. The number of sulfonamides is 1. The number of piperidine rings is 1. The fourth-order valence-electron chi connectivity index (χ4n) is 2.86. The Balaban J connectivity index is 2.24. The van der Waals surface area contributed by atoms with Crippen LogP contribution in [0.15, 0.2) is 23.1 Å². The summed E-state index contributed by atoms with van der Waals surface area (Å²) < 4.78 is 65.4. The molecule has 23 heavy (non-hydrogen) atoms. The monoisotopic (exact) mass is 350 g/mol. The Morgan fingerprint density at radius 3 is 2.39 bits per heavy atom. The van der Waals surface area contributed by atoms with Crippen LogP contribution < -0.4 is 5.32 Å². The second-order valence-electron chi connectivity index (χ2n) is 5.88. The van der Waals surface area contributed by atoms with Crippen molar-refractivity contribution in [3.63, 3.8) is 0 Å². The molecule has 0 saturated carbocycles. The molecule has 0 amide bonds. The first kappa shape index (κ1) is 18.2. The van der Waals surface area contributed by atoms with E-state index in [9.17, 15) is 21.6 Å². The SMILES string of the molecule is CNCC1CCN(S(=O)(=O)c2ccc(C)c(C(F)(F)F)c2)CC1. The van der Waals surface area contributed by atoms with Crippen LogP contribution in [0.25, 0.3) is 0 Å². The van der Waals surface area contributed by atoms with E-state index in [0.29, 0.717) is 31.8 Å². The second-order valence-corrected chi connectivity index (χ2v) is 7.82. The Morgan fingerprint density at radius 1 is 1.26 bits per heavy atom. The van der Waals surface area contributed by atoms with Crippen LogP contribution in [-0.4, -0.2) is 39.4 Å². The number of hydrogen-bond donors (Lipinski definition) is 1. The van der Waals surface area contributed by atoms with E-state index in [2.05, 4.69) is 5.32 Å². The molecule has 4 nitrogen and oxygen atoms in total. The third-order valence-electron chi connectivity index (χ3n) is 4.22. The van der Waals surface area contributed by atoms with Crippen LogP contribution in [0, 0.1) is 12.8 Å². The number of halogens is 3. The van der Waals surface area contributed by atoms with E-state index >= 15 is 0 Å². The van der Waals surface area contributed by atoms with Crippen LogP contribution >= 0.6 is 0 Å². The molecule has 130 valence electrons. The first-order chi connectivity index (χ1) is 10.7. The van der Waals surface area contributed by atoms with E-state index in [1.165, 1.54) is 23.4 Å². The predicted octanol–water partition coefficient (Wildman–Crippen LogP) is 2.63. The van der Waals surface area contributed by atoms with Gasteiger partial charge in [0.25, 0.3) is 0 Å². The Kier molecular flexibility index (Phi) is 5.37. The lowest BCUT2D eigenvalue weighted by atomic mass is 9.98. The Bertz CT molecular complexity index is 651. The quantitative estimate of drug-likeness (QED) is 0.908. The molecule has 0 aromatic heterocycles. The standard InChI is InChI=1S/C15H21F3N2O2S/c1-11-3-4-13(9-14(11)15(16,17)18)23(21,22)20-7-5-12(6-8-20)10-19-2/h3-4,9,12,19H,5-8,10H2,1-2H3. The fraction of sp³-hybridized carbons (Fsp3) is 0.600. The largest absolute Gasteiger partial charge is 0.416 e. The van der Waals surface area contributed by atoms with Crippen LogP contribution in [0.5, 0.6) is 0 Å². The van der Waals surface area contributed by atoms with Crippen molar-refractivity contribution >= 4 is 10.0 Å². The lowest BCUT2D eigenvalue weighted by molar-refractivity contribution is -0.138. The minimum atomic E-state index is -4.56. The summed E-state index contributed by atoms with van der Waals surface area (Å²) in [5.74, 6) is 0.398. The van der Waals surface area contributed by atoms with Crippen LogP contribution in [0.4, 0.5) is 13.2 Å². The molecule has 1 aromatic carbocycles. The third-order valence-corrected chi connectivity index (χ3v) is 6.11. The fourth-order valence-corrected chi connectivity index (χ4v) is 4.35. The van der Waals surface area contributed by atoms with E-state index in [4.69, 9.17) is 0 Å². The molecular weight excluding hydrogens is 329 g/mol. The smallest absolute Gasteiger partial charge is 0.319 e. The average Bonchev–Trinajstić information content (AvgIpc) is 2.47. The van der Waals surface area contributed by atoms with Gasteiger partial charge in [0, 0.05) is 13.1 Å². The summed E-state index contributed by atoms with van der Waals surface area (Å²) in [6.45, 7) is 2.81. The summed E-state index contributed by atoms with van der Waals surface area (Å²) >= 11 is 0. The minimum Gasteiger partial charge on any atom is -0.319 e. The topological polar surface area (TPSA) is 49.4 Å². The van der Waals surface area contributed by atoms with Gasteiger partial charge in [0.1, 0.15) is 0 Å². The number of nitrogens with one attached hydrogen (secondary N) is 1. The number of hydrogen-bond acceptors (Lipinski definition) is 3. The molecule has 0 atom stereocenters. The number of benzene rings is 1. The molecular formula is C15H21F3N2O2S. The van der Waals surface area contributed by atoms with Gasteiger partial charge in [-0.15, -0.1) is 0 Å². The summed E-state index contributed by atoms with van der Waals surface area (Å²) in [7, 11) is -2.05. The van der Waals surface area contributed by atoms with E-state index in [1.807, 2.05) is 7.05 Å². The van der Waals surface area contributed by atoms with Crippen molar-refractivity contribution in [2.45, 2.75) is 30.8 Å². The number of aryl methyl sites for hydroxylation is 1. The van der Waals surface area contributed by atoms with Gasteiger partial charge in [-0.3, -0.25) is 0 Å². The van der Waals surface area contributed by atoms with Crippen LogP contribution in [0.2, 0.25) is 0 Å². The van der Waals surface area contributed by atoms with E-state index in [0.717, 1.165) is 12.6 Å². The molecule has 1 heterocycles. The highest BCUT2D eigenvalue weighted by atomic mass is 32.2. The van der Waals surface area contributed by atoms with Crippen molar-refractivity contribution in [1.82, 2.24) is 9.62 Å². The van der Waals surface area contributed by atoms with Crippen molar-refractivity contribution in [3.05, 3.63) is 29.3 Å². The summed E-state index contributed by atoms with van der Waals surface area (Å²) in [5, 5.41) is 3.06. The van der Waals surface area contributed by atoms with Gasteiger partial charge in [-0.05, 0) is 57.0 Å². The second kappa shape index (κ2) is 6.78. The highest BCUT2D eigenvalue weighted by molar-refractivity contribution is 7.89. The minimum absolute atomic E-state index is 0.0178. The zero-order chi connectivity index (χ0) is 17.3. The molecule has 8 heteroatoms. The molecule has 0 bridgehead atoms. The molecule has 1 aliphatic heterocycles. The van der Waals surface area contributed by atoms with E-state index in [1.54, 1.807) is 0 Å². The highest BCUT2D eigenvalue weighted by Crippen LogP contribution is 2.34. The average molecular weight is 350 g/mol. The van der Waals surface area contributed by atoms with Crippen molar-refractivity contribution in [2.24, 2.45) is 5.92 Å². The maximum atomic E-state index is 13.0. The molecule has 1 aliphatic rings. The molecule has 1 fully saturated rings. The normalized spacial score (nSPS) is 18.3. The van der Waals surface area contributed by atoms with E-state index < -0.39 is 21.8 Å². The first-order valence-electron chi connectivity index (χ1n) is 7.49. The third kappa shape index (κ3) is 4.05. The lowest BCUT2D eigenvalue weighted by Gasteiger charge is -2.31. The molecule has 1 N–H and O–H groups in total. The van der Waals surface area contributed by atoms with Gasteiger partial charge in [-0.1, -0.05) is 6.07 Å². The van der Waals surface area contributed by atoms with Crippen LogP contribution in [-0.2, 0) is 16.2 Å². The summed E-state index contributed by atoms with van der Waals surface area (Å²) in [6, 6.07) is 3.20. The summed E-state index contributed by atoms with van der Waals surface area (Å²) in [5.41, 5.74) is -0.882. The van der Waals surface area contributed by atoms with Gasteiger partial charge in [-0.25, -0.2) is 8.42 Å². The van der Waals surface area contributed by atoms with Crippen molar-refractivity contribution in [1.29, 1.82) is 0 Å². The molecule has 0 spiro atoms. The van der Waals surface area contributed by atoms with Crippen molar-refractivity contribution in [3.8, 4) is 0 Å². The number of rotatable bonds is 4. The lowest BCUT2D eigenvalue weighted by Crippen LogP contribution is -2.40. The van der Waals surface area contributed by atoms with E-state index in [-0.39, 0.29) is 10.5 Å². The molecule has 0 aliphatic carbocycles. The maximum absolute atomic E-state index is 13.0. The maximum Gasteiger partial charge on any atom is 0.416 e. The molecule has 2 rings (SSSR count). The molecule has 1 saturated heterocycles. The van der Waals surface area contributed by atoms with Gasteiger partial charge in [-0.2, -0.15) is 17.5 Å². The first-order valence-corrected chi connectivity index (χ1v) is 8.93. The summed E-state index contributed by atoms with van der Waals surface area (Å²) in [4.78, 5) is -0.289.